The fraction of sp³-hybridized carbons (Fsp3) is 0.900. The molecule has 1 aliphatic rings. The number of hydrogen-bond acceptors (Lipinski definition) is 8. The largest absolute Gasteiger partial charge is 0.433 e. The molecule has 0 bridgehead atoms. The molecule has 0 radical (unpaired) electrons. The number of hydrogen-bond donors (Lipinski definition) is 3. The number of aliphatic hydroxyl groups is 3. The van der Waals surface area contributed by atoms with Gasteiger partial charge < -0.3 is 29.0 Å². The van der Waals surface area contributed by atoms with Crippen LogP contribution in [0, 0.1) is 0 Å². The van der Waals surface area contributed by atoms with Crippen LogP contribution in [0.1, 0.15) is 13.8 Å². The zero-order chi connectivity index (χ0) is 13.7. The summed E-state index contributed by atoms with van der Waals surface area (Å²) in [6, 6.07) is 0. The van der Waals surface area contributed by atoms with Crippen LogP contribution in [-0.2, 0) is 18.5 Å². The van der Waals surface area contributed by atoms with Gasteiger partial charge in [0.25, 0.3) is 0 Å². The van der Waals surface area contributed by atoms with Gasteiger partial charge in [-0.2, -0.15) is 0 Å². The molecule has 0 saturated carbocycles. The highest BCUT2D eigenvalue weighted by atomic mass is 32.2. The van der Waals surface area contributed by atoms with E-state index >= 15 is 0 Å². The first-order valence-corrected chi connectivity index (χ1v) is 6.50. The van der Waals surface area contributed by atoms with Gasteiger partial charge in [-0.25, -0.2) is 0 Å². The van der Waals surface area contributed by atoms with Crippen LogP contribution in [0.4, 0.5) is 0 Å². The molecule has 5 atom stereocenters. The van der Waals surface area contributed by atoms with Crippen LogP contribution in [0.2, 0.25) is 0 Å². The first-order chi connectivity index (χ1) is 8.51. The van der Waals surface area contributed by atoms with E-state index in [1.165, 1.54) is 6.92 Å². The Morgan fingerprint density at radius 1 is 1.39 bits per heavy atom. The molecule has 1 saturated heterocycles. The smallest absolute Gasteiger partial charge is 0.305 e. The van der Waals surface area contributed by atoms with Gasteiger partial charge >= 0.3 is 5.97 Å². The monoisotopic (exact) mass is 282 g/mol. The van der Waals surface area contributed by atoms with Gasteiger partial charge in [-0.15, -0.1) is 0 Å². The van der Waals surface area contributed by atoms with E-state index in [4.69, 9.17) is 18.8 Å². The van der Waals surface area contributed by atoms with Crippen LogP contribution < -0.4 is 0 Å². The van der Waals surface area contributed by atoms with Gasteiger partial charge in [-0.1, -0.05) is 6.92 Å². The molecule has 106 valence electrons. The maximum absolute atomic E-state index is 10.9. The molecule has 0 aromatic heterocycles. The zero-order valence-corrected chi connectivity index (χ0v) is 11.0. The lowest BCUT2D eigenvalue weighted by molar-refractivity contribution is -0.284. The van der Waals surface area contributed by atoms with Crippen molar-refractivity contribution in [1.29, 1.82) is 0 Å². The Bertz CT molecular complexity index is 275. The Balaban J connectivity index is 2.76. The van der Waals surface area contributed by atoms with Crippen molar-refractivity contribution in [2.45, 2.75) is 44.6 Å². The predicted molar refractivity (Wildman–Crippen MR) is 62.5 cm³/mol. The van der Waals surface area contributed by atoms with Crippen molar-refractivity contribution in [1.82, 2.24) is 0 Å². The van der Waals surface area contributed by atoms with E-state index in [0.717, 1.165) is 12.0 Å². The first kappa shape index (κ1) is 15.7. The quantitative estimate of drug-likeness (QED) is 0.437. The Morgan fingerprint density at radius 3 is 2.56 bits per heavy atom. The molecule has 8 heteroatoms. The van der Waals surface area contributed by atoms with E-state index in [-0.39, 0.29) is 0 Å². The Labute approximate surface area is 109 Å². The fourth-order valence-electron chi connectivity index (χ4n) is 1.56. The molecule has 0 spiro atoms. The average Bonchev–Trinajstić information content (AvgIpc) is 2.32. The van der Waals surface area contributed by atoms with Crippen molar-refractivity contribution < 1.29 is 33.8 Å². The summed E-state index contributed by atoms with van der Waals surface area (Å²) < 4.78 is 15.3. The topological polar surface area (TPSA) is 105 Å². The molecule has 1 rings (SSSR count). The number of carbonyl (C=O) groups excluding carboxylic acids is 1. The third-order valence-corrected chi connectivity index (χ3v) is 3.00. The van der Waals surface area contributed by atoms with Gasteiger partial charge in [0.05, 0.1) is 6.61 Å². The summed E-state index contributed by atoms with van der Waals surface area (Å²) in [5.74, 6) is 0.0191. The fourth-order valence-corrected chi connectivity index (χ4v) is 2.06. The molecule has 3 N–H and O–H groups in total. The zero-order valence-electron chi connectivity index (χ0n) is 10.2. The lowest BCUT2D eigenvalue weighted by atomic mass is 9.99. The van der Waals surface area contributed by atoms with Gasteiger partial charge in [-0.3, -0.25) is 4.79 Å². The lowest BCUT2D eigenvalue weighted by Gasteiger charge is -2.40. The molecule has 1 unspecified atom stereocenters. The molecule has 0 aliphatic carbocycles. The molecule has 1 fully saturated rings. The summed E-state index contributed by atoms with van der Waals surface area (Å²) in [4.78, 5) is 10.9. The van der Waals surface area contributed by atoms with E-state index in [0.29, 0.717) is 5.75 Å². The van der Waals surface area contributed by atoms with Gasteiger partial charge in [-0.05, 0) is 12.0 Å². The van der Waals surface area contributed by atoms with E-state index in [9.17, 15) is 15.0 Å². The van der Waals surface area contributed by atoms with Crippen LogP contribution in [0.3, 0.4) is 0 Å². The predicted octanol–water partition coefficient (Wildman–Crippen LogP) is -0.958. The molecule has 0 aromatic rings. The van der Waals surface area contributed by atoms with Crippen molar-refractivity contribution in [3.8, 4) is 0 Å². The summed E-state index contributed by atoms with van der Waals surface area (Å²) in [5.41, 5.74) is 0. The summed E-state index contributed by atoms with van der Waals surface area (Å²) in [5, 5.41) is 28.6. The summed E-state index contributed by atoms with van der Waals surface area (Å²) in [6.07, 6.45) is -5.78. The number of carbonyl (C=O) groups is 1. The molecule has 18 heavy (non-hydrogen) atoms. The van der Waals surface area contributed by atoms with Crippen molar-refractivity contribution in [3.63, 3.8) is 0 Å². The highest BCUT2D eigenvalue weighted by Gasteiger charge is 2.47. The second-order valence-electron chi connectivity index (χ2n) is 3.78. The van der Waals surface area contributed by atoms with E-state index in [1.54, 1.807) is 0 Å². The number of esters is 1. The van der Waals surface area contributed by atoms with Crippen LogP contribution in [0.15, 0.2) is 0 Å². The summed E-state index contributed by atoms with van der Waals surface area (Å²) in [7, 11) is 0. The Morgan fingerprint density at radius 2 is 2.06 bits per heavy atom. The van der Waals surface area contributed by atoms with E-state index < -0.39 is 43.3 Å². The van der Waals surface area contributed by atoms with Crippen molar-refractivity contribution in [2.75, 3.05) is 12.4 Å². The van der Waals surface area contributed by atoms with Gasteiger partial charge in [0.15, 0.2) is 6.10 Å². The van der Waals surface area contributed by atoms with Crippen LogP contribution in [-0.4, -0.2) is 64.4 Å². The molecular weight excluding hydrogens is 264 g/mol. The Hall–Kier alpha value is -0.380. The minimum atomic E-state index is -1.31. The standard InChI is InChI=1S/C10H18O7S/c1-3-18-17-9-8(14)7(13)6(4-11)16-10(9)15-5(2)12/h6-11,13-14H,3-4H2,1-2H3/t6-,7-,8+,9-,10?/m1/s1. The minimum absolute atomic E-state index is 0.496. The van der Waals surface area contributed by atoms with Crippen molar-refractivity contribution in [2.24, 2.45) is 0 Å². The third-order valence-electron chi connectivity index (χ3n) is 2.40. The average molecular weight is 282 g/mol. The second kappa shape index (κ2) is 7.27. The van der Waals surface area contributed by atoms with Crippen LogP contribution in [0.25, 0.3) is 0 Å². The lowest BCUT2D eigenvalue weighted by Crippen LogP contribution is -2.59. The molecule has 1 heterocycles. The number of rotatable bonds is 5. The SMILES string of the molecule is CCSO[C@H]1C(OC(C)=O)O[C@H](CO)[C@@H](O)[C@@H]1O. The highest BCUT2D eigenvalue weighted by molar-refractivity contribution is 7.94. The Kier molecular flexibility index (Phi) is 6.33. The molecule has 0 aromatic carbocycles. The normalized spacial score (nSPS) is 36.4. The van der Waals surface area contributed by atoms with Crippen LogP contribution in [0.5, 0.6) is 0 Å². The number of ether oxygens (including phenoxy) is 2. The maximum Gasteiger partial charge on any atom is 0.305 e. The van der Waals surface area contributed by atoms with Gasteiger partial charge in [0, 0.05) is 12.7 Å². The number of aliphatic hydroxyl groups excluding tert-OH is 3. The van der Waals surface area contributed by atoms with Crippen LogP contribution >= 0.6 is 12.0 Å². The first-order valence-electron chi connectivity index (χ1n) is 5.59. The summed E-state index contributed by atoms with van der Waals surface area (Å²) >= 11 is 1.06. The van der Waals surface area contributed by atoms with Gasteiger partial charge in [0.1, 0.15) is 18.3 Å². The summed E-state index contributed by atoms with van der Waals surface area (Å²) in [6.45, 7) is 2.54. The van der Waals surface area contributed by atoms with E-state index in [1.807, 2.05) is 6.92 Å². The molecule has 1 aliphatic heterocycles. The second-order valence-corrected chi connectivity index (χ2v) is 4.79. The van der Waals surface area contributed by atoms with Gasteiger partial charge in [0.2, 0.25) is 6.29 Å². The molecular formula is C10H18O7S. The van der Waals surface area contributed by atoms with Crippen molar-refractivity contribution >= 4 is 18.0 Å². The minimum Gasteiger partial charge on any atom is -0.433 e. The van der Waals surface area contributed by atoms with E-state index in [2.05, 4.69) is 0 Å². The maximum atomic E-state index is 10.9. The molecule has 7 nitrogen and oxygen atoms in total. The highest BCUT2D eigenvalue weighted by Crippen LogP contribution is 2.27. The van der Waals surface area contributed by atoms with Crippen molar-refractivity contribution in [3.05, 3.63) is 0 Å². The third kappa shape index (κ3) is 3.81. The molecule has 0 amide bonds.